The maximum absolute atomic E-state index is 9.87. The van der Waals surface area contributed by atoms with E-state index in [0.717, 1.165) is 31.6 Å². The van der Waals surface area contributed by atoms with E-state index >= 15 is 0 Å². The lowest BCUT2D eigenvalue weighted by Gasteiger charge is -2.28. The Labute approximate surface area is 116 Å². The highest BCUT2D eigenvalue weighted by Gasteiger charge is 2.21. The molecule has 0 aromatic heterocycles. The Bertz CT molecular complexity index is 385. The summed E-state index contributed by atoms with van der Waals surface area (Å²) in [7, 11) is 0. The van der Waals surface area contributed by atoms with E-state index in [0.29, 0.717) is 6.61 Å². The molecule has 3 nitrogen and oxygen atoms in total. The standard InChI is InChI=1S/C16H25NO2/c1-12-6-5-7-13(2)16(12)19-11-10-17-14-8-3-4-9-15(14)18/h5-7,14-15,17-18H,3-4,8-11H2,1-2H3/t14-,15-/m0/s1. The number of hydrogen-bond acceptors (Lipinski definition) is 3. The lowest BCUT2D eigenvalue weighted by molar-refractivity contribution is 0.0890. The molecule has 1 aromatic rings. The Hall–Kier alpha value is -1.06. The van der Waals surface area contributed by atoms with Crippen molar-refractivity contribution in [2.45, 2.75) is 51.7 Å². The topological polar surface area (TPSA) is 41.5 Å². The average Bonchev–Trinajstić information content (AvgIpc) is 2.39. The summed E-state index contributed by atoms with van der Waals surface area (Å²) in [6.07, 6.45) is 4.18. The van der Waals surface area contributed by atoms with Gasteiger partial charge in [0.15, 0.2) is 0 Å². The fourth-order valence-electron chi connectivity index (χ4n) is 2.77. The summed E-state index contributed by atoms with van der Waals surface area (Å²) in [6, 6.07) is 6.44. The number of ether oxygens (including phenoxy) is 1. The molecule has 1 aromatic carbocycles. The highest BCUT2D eigenvalue weighted by Crippen LogP contribution is 2.22. The van der Waals surface area contributed by atoms with E-state index in [1.54, 1.807) is 0 Å². The number of para-hydroxylation sites is 1. The molecule has 106 valence electrons. The summed E-state index contributed by atoms with van der Waals surface area (Å²) in [6.45, 7) is 5.58. The minimum absolute atomic E-state index is 0.186. The molecule has 2 rings (SSSR count). The number of aliphatic hydroxyl groups excluding tert-OH is 1. The summed E-state index contributed by atoms with van der Waals surface area (Å²) in [5.74, 6) is 0.994. The fraction of sp³-hybridized carbons (Fsp3) is 0.625. The molecule has 1 fully saturated rings. The predicted octanol–water partition coefficient (Wildman–Crippen LogP) is 2.58. The van der Waals surface area contributed by atoms with E-state index in [-0.39, 0.29) is 12.1 Å². The van der Waals surface area contributed by atoms with E-state index < -0.39 is 0 Å². The molecule has 0 saturated heterocycles. The molecule has 0 aliphatic heterocycles. The number of benzene rings is 1. The van der Waals surface area contributed by atoms with Crippen molar-refractivity contribution < 1.29 is 9.84 Å². The molecule has 0 bridgehead atoms. The second-order valence-electron chi connectivity index (χ2n) is 5.48. The molecule has 1 aliphatic carbocycles. The van der Waals surface area contributed by atoms with Crippen molar-refractivity contribution in [2.24, 2.45) is 0 Å². The summed E-state index contributed by atoms with van der Waals surface area (Å²) < 4.78 is 5.85. The van der Waals surface area contributed by atoms with Gasteiger partial charge >= 0.3 is 0 Å². The van der Waals surface area contributed by atoms with Crippen LogP contribution in [0.5, 0.6) is 5.75 Å². The lowest BCUT2D eigenvalue weighted by atomic mass is 9.93. The molecule has 2 atom stereocenters. The lowest BCUT2D eigenvalue weighted by Crippen LogP contribution is -2.43. The maximum Gasteiger partial charge on any atom is 0.125 e. The number of hydrogen-bond donors (Lipinski definition) is 2. The summed E-state index contributed by atoms with van der Waals surface area (Å²) in [5.41, 5.74) is 2.36. The van der Waals surface area contributed by atoms with Gasteiger partial charge in [-0.1, -0.05) is 31.0 Å². The summed E-state index contributed by atoms with van der Waals surface area (Å²) in [5, 5.41) is 13.3. The SMILES string of the molecule is Cc1cccc(C)c1OCCN[C@H]1CCCC[C@@H]1O. The molecule has 0 radical (unpaired) electrons. The van der Waals surface area contributed by atoms with Crippen LogP contribution in [0.1, 0.15) is 36.8 Å². The zero-order valence-electron chi connectivity index (χ0n) is 12.0. The van der Waals surface area contributed by atoms with E-state index in [2.05, 4.69) is 31.3 Å². The fourth-order valence-corrected chi connectivity index (χ4v) is 2.77. The van der Waals surface area contributed by atoms with Gasteiger partial charge in [0.05, 0.1) is 6.10 Å². The van der Waals surface area contributed by atoms with Gasteiger partial charge in [0.2, 0.25) is 0 Å². The van der Waals surface area contributed by atoms with Crippen LogP contribution in [0.2, 0.25) is 0 Å². The average molecular weight is 263 g/mol. The van der Waals surface area contributed by atoms with Crippen LogP contribution in [0.15, 0.2) is 18.2 Å². The van der Waals surface area contributed by atoms with Crippen LogP contribution in [0, 0.1) is 13.8 Å². The second-order valence-corrected chi connectivity index (χ2v) is 5.48. The Morgan fingerprint density at radius 3 is 2.58 bits per heavy atom. The molecule has 3 heteroatoms. The van der Waals surface area contributed by atoms with Crippen LogP contribution in [-0.4, -0.2) is 30.4 Å². The first-order valence-electron chi connectivity index (χ1n) is 7.29. The molecular weight excluding hydrogens is 238 g/mol. The molecule has 0 spiro atoms. The third kappa shape index (κ3) is 3.95. The van der Waals surface area contributed by atoms with Gasteiger partial charge in [0.1, 0.15) is 12.4 Å². The van der Waals surface area contributed by atoms with Crippen LogP contribution >= 0.6 is 0 Å². The van der Waals surface area contributed by atoms with Crippen LogP contribution in [-0.2, 0) is 0 Å². The zero-order valence-corrected chi connectivity index (χ0v) is 12.0. The van der Waals surface area contributed by atoms with Crippen molar-refractivity contribution in [3.05, 3.63) is 29.3 Å². The Balaban J connectivity index is 1.74. The van der Waals surface area contributed by atoms with Gasteiger partial charge in [0.25, 0.3) is 0 Å². The van der Waals surface area contributed by atoms with Crippen LogP contribution in [0.4, 0.5) is 0 Å². The quantitative estimate of drug-likeness (QED) is 0.802. The van der Waals surface area contributed by atoms with Crippen molar-refractivity contribution in [1.82, 2.24) is 5.32 Å². The van der Waals surface area contributed by atoms with Gasteiger partial charge in [-0.15, -0.1) is 0 Å². The molecule has 0 amide bonds. The normalized spacial score (nSPS) is 23.3. The highest BCUT2D eigenvalue weighted by atomic mass is 16.5. The molecule has 2 N–H and O–H groups in total. The first kappa shape index (κ1) is 14.4. The van der Waals surface area contributed by atoms with Crippen molar-refractivity contribution in [3.8, 4) is 5.75 Å². The molecule has 19 heavy (non-hydrogen) atoms. The smallest absolute Gasteiger partial charge is 0.125 e. The molecular formula is C16H25NO2. The molecule has 0 unspecified atom stereocenters. The largest absolute Gasteiger partial charge is 0.492 e. The summed E-state index contributed by atoms with van der Waals surface area (Å²) >= 11 is 0. The third-order valence-electron chi connectivity index (χ3n) is 3.89. The number of nitrogens with one attached hydrogen (secondary N) is 1. The monoisotopic (exact) mass is 263 g/mol. The van der Waals surface area contributed by atoms with Crippen LogP contribution in [0.25, 0.3) is 0 Å². The predicted molar refractivity (Wildman–Crippen MR) is 77.7 cm³/mol. The van der Waals surface area contributed by atoms with E-state index in [1.807, 2.05) is 6.07 Å². The Morgan fingerprint density at radius 2 is 1.89 bits per heavy atom. The van der Waals surface area contributed by atoms with E-state index in [4.69, 9.17) is 4.74 Å². The third-order valence-corrected chi connectivity index (χ3v) is 3.89. The minimum Gasteiger partial charge on any atom is -0.492 e. The number of aliphatic hydroxyl groups is 1. The van der Waals surface area contributed by atoms with Crippen LogP contribution < -0.4 is 10.1 Å². The highest BCUT2D eigenvalue weighted by molar-refractivity contribution is 5.39. The van der Waals surface area contributed by atoms with Crippen molar-refractivity contribution in [1.29, 1.82) is 0 Å². The van der Waals surface area contributed by atoms with Gasteiger partial charge < -0.3 is 15.2 Å². The molecule has 0 heterocycles. The maximum atomic E-state index is 9.87. The first-order valence-corrected chi connectivity index (χ1v) is 7.29. The van der Waals surface area contributed by atoms with E-state index in [1.165, 1.54) is 17.5 Å². The molecule has 1 saturated carbocycles. The van der Waals surface area contributed by atoms with Gasteiger partial charge in [-0.05, 0) is 37.8 Å². The first-order chi connectivity index (χ1) is 9.18. The minimum atomic E-state index is -0.186. The van der Waals surface area contributed by atoms with Gasteiger partial charge in [0, 0.05) is 12.6 Å². The number of aryl methyl sites for hydroxylation is 2. The Morgan fingerprint density at radius 1 is 1.21 bits per heavy atom. The summed E-state index contributed by atoms with van der Waals surface area (Å²) in [4.78, 5) is 0. The molecule has 1 aliphatic rings. The van der Waals surface area contributed by atoms with E-state index in [9.17, 15) is 5.11 Å². The van der Waals surface area contributed by atoms with Gasteiger partial charge in [-0.3, -0.25) is 0 Å². The van der Waals surface area contributed by atoms with Gasteiger partial charge in [-0.2, -0.15) is 0 Å². The van der Waals surface area contributed by atoms with Crippen molar-refractivity contribution in [3.63, 3.8) is 0 Å². The number of rotatable bonds is 5. The van der Waals surface area contributed by atoms with Crippen molar-refractivity contribution in [2.75, 3.05) is 13.2 Å². The Kier molecular flexibility index (Phi) is 5.23. The van der Waals surface area contributed by atoms with Gasteiger partial charge in [-0.25, -0.2) is 0 Å². The van der Waals surface area contributed by atoms with Crippen molar-refractivity contribution >= 4 is 0 Å². The van der Waals surface area contributed by atoms with Crippen LogP contribution in [0.3, 0.4) is 0 Å². The zero-order chi connectivity index (χ0) is 13.7. The second kappa shape index (κ2) is 6.92.